The lowest BCUT2D eigenvalue weighted by atomic mass is 9.96. The van der Waals surface area contributed by atoms with E-state index in [-0.39, 0.29) is 11.3 Å². The van der Waals surface area contributed by atoms with E-state index >= 15 is 0 Å². The number of hydrogen-bond donors (Lipinski definition) is 2. The second-order valence-electron chi connectivity index (χ2n) is 6.41. The average Bonchev–Trinajstić information content (AvgIpc) is 2.90. The van der Waals surface area contributed by atoms with Crippen LogP contribution >= 0.6 is 11.6 Å². The summed E-state index contributed by atoms with van der Waals surface area (Å²) >= 11 is 5.95. The highest BCUT2D eigenvalue weighted by atomic mass is 35.5. The highest BCUT2D eigenvalue weighted by molar-refractivity contribution is 6.31. The fraction of sp³-hybridized carbons (Fsp3) is 0.235. The molecular formula is C17H17ClN4O. The van der Waals surface area contributed by atoms with Gasteiger partial charge in [-0.2, -0.15) is 0 Å². The highest BCUT2D eigenvalue weighted by Crippen LogP contribution is 2.21. The van der Waals surface area contributed by atoms with Crippen LogP contribution in [0.3, 0.4) is 0 Å². The number of carbonyl (C=O) groups is 1. The Morgan fingerprint density at radius 3 is 2.52 bits per heavy atom. The van der Waals surface area contributed by atoms with Gasteiger partial charge in [-0.25, -0.2) is 9.97 Å². The Morgan fingerprint density at radius 2 is 1.87 bits per heavy atom. The van der Waals surface area contributed by atoms with Crippen LogP contribution in [0.1, 0.15) is 37.1 Å². The zero-order valence-electron chi connectivity index (χ0n) is 13.1. The minimum Gasteiger partial charge on any atom is -0.350 e. The molecule has 0 aliphatic carbocycles. The van der Waals surface area contributed by atoms with Gasteiger partial charge in [-0.15, -0.1) is 0 Å². The van der Waals surface area contributed by atoms with E-state index in [1.807, 2.05) is 26.8 Å². The molecule has 6 heteroatoms. The number of benzene rings is 1. The van der Waals surface area contributed by atoms with E-state index in [9.17, 15) is 4.79 Å². The molecule has 0 atom stereocenters. The zero-order valence-corrected chi connectivity index (χ0v) is 13.9. The number of H-pyrrole nitrogens is 1. The SMILES string of the molecule is CC(C)(C)c1ncc(NC(=O)c2cc3ccc(Cl)cc3[nH]2)cn1. The van der Waals surface area contributed by atoms with E-state index in [0.29, 0.717) is 16.4 Å². The van der Waals surface area contributed by atoms with E-state index in [1.54, 1.807) is 30.6 Å². The summed E-state index contributed by atoms with van der Waals surface area (Å²) in [5, 5.41) is 4.34. The van der Waals surface area contributed by atoms with Crippen molar-refractivity contribution in [3.05, 3.63) is 53.2 Å². The first-order chi connectivity index (χ1) is 10.8. The molecule has 3 rings (SSSR count). The van der Waals surface area contributed by atoms with Crippen molar-refractivity contribution in [2.24, 2.45) is 0 Å². The van der Waals surface area contributed by atoms with Crippen LogP contribution in [0.15, 0.2) is 36.7 Å². The average molecular weight is 329 g/mol. The first-order valence-electron chi connectivity index (χ1n) is 7.25. The molecule has 2 N–H and O–H groups in total. The molecule has 0 bridgehead atoms. The molecule has 0 saturated heterocycles. The van der Waals surface area contributed by atoms with Crippen molar-refractivity contribution in [1.82, 2.24) is 15.0 Å². The molecule has 118 valence electrons. The van der Waals surface area contributed by atoms with Gasteiger partial charge in [0, 0.05) is 21.3 Å². The topological polar surface area (TPSA) is 70.7 Å². The van der Waals surface area contributed by atoms with Crippen molar-refractivity contribution in [2.75, 3.05) is 5.32 Å². The predicted molar refractivity (Wildman–Crippen MR) is 92.0 cm³/mol. The largest absolute Gasteiger partial charge is 0.350 e. The molecule has 5 nitrogen and oxygen atoms in total. The molecule has 3 aromatic rings. The van der Waals surface area contributed by atoms with Gasteiger partial charge < -0.3 is 10.3 Å². The van der Waals surface area contributed by atoms with Crippen LogP contribution in [0.2, 0.25) is 5.02 Å². The highest BCUT2D eigenvalue weighted by Gasteiger charge is 2.17. The molecule has 1 amide bonds. The summed E-state index contributed by atoms with van der Waals surface area (Å²) in [5.74, 6) is 0.486. The maximum Gasteiger partial charge on any atom is 0.272 e. The van der Waals surface area contributed by atoms with E-state index in [1.165, 1.54) is 0 Å². The van der Waals surface area contributed by atoms with E-state index in [2.05, 4.69) is 20.3 Å². The molecule has 0 aliphatic heterocycles. The normalized spacial score (nSPS) is 11.7. The molecule has 1 aromatic carbocycles. The molecule has 0 unspecified atom stereocenters. The van der Waals surface area contributed by atoms with Crippen molar-refractivity contribution in [3.8, 4) is 0 Å². The number of aromatic amines is 1. The third-order valence-electron chi connectivity index (χ3n) is 3.41. The van der Waals surface area contributed by atoms with Gasteiger partial charge in [-0.1, -0.05) is 38.4 Å². The molecule has 0 fully saturated rings. The molecule has 0 aliphatic rings. The fourth-order valence-electron chi connectivity index (χ4n) is 2.20. The smallest absolute Gasteiger partial charge is 0.272 e. The first kappa shape index (κ1) is 15.5. The van der Waals surface area contributed by atoms with Crippen molar-refractivity contribution in [1.29, 1.82) is 0 Å². The van der Waals surface area contributed by atoms with Gasteiger partial charge >= 0.3 is 0 Å². The van der Waals surface area contributed by atoms with Gasteiger partial charge in [0.15, 0.2) is 0 Å². The Morgan fingerprint density at radius 1 is 1.17 bits per heavy atom. The summed E-state index contributed by atoms with van der Waals surface area (Å²) in [6.45, 7) is 6.11. The molecule has 0 saturated carbocycles. The Bertz CT molecular complexity index is 862. The van der Waals surface area contributed by atoms with Gasteiger partial charge in [0.1, 0.15) is 11.5 Å². The van der Waals surface area contributed by atoms with E-state index < -0.39 is 0 Å². The monoisotopic (exact) mass is 328 g/mol. The van der Waals surface area contributed by atoms with Crippen LogP contribution in [-0.4, -0.2) is 20.9 Å². The van der Waals surface area contributed by atoms with Crippen LogP contribution in [-0.2, 0) is 5.41 Å². The summed E-state index contributed by atoms with van der Waals surface area (Å²) in [4.78, 5) is 24.0. The molecular weight excluding hydrogens is 312 g/mol. The maximum absolute atomic E-state index is 12.3. The minimum absolute atomic E-state index is 0.126. The number of halogens is 1. The zero-order chi connectivity index (χ0) is 16.6. The van der Waals surface area contributed by atoms with E-state index in [0.717, 1.165) is 16.7 Å². The standard InChI is InChI=1S/C17H17ClN4O/c1-17(2,3)16-19-8-12(9-20-16)21-15(23)14-6-10-4-5-11(18)7-13(10)22-14/h4-9,22H,1-3H3,(H,21,23). The van der Waals surface area contributed by atoms with Gasteiger partial charge in [0.2, 0.25) is 0 Å². The third kappa shape index (κ3) is 3.35. The second-order valence-corrected chi connectivity index (χ2v) is 6.85. The number of rotatable bonds is 2. The van der Waals surface area contributed by atoms with E-state index in [4.69, 9.17) is 11.6 Å². The summed E-state index contributed by atoms with van der Waals surface area (Å²) in [6.07, 6.45) is 3.23. The van der Waals surface area contributed by atoms with Crippen molar-refractivity contribution in [2.45, 2.75) is 26.2 Å². The van der Waals surface area contributed by atoms with Crippen molar-refractivity contribution in [3.63, 3.8) is 0 Å². The van der Waals surface area contributed by atoms with Crippen LogP contribution in [0.25, 0.3) is 10.9 Å². The van der Waals surface area contributed by atoms with Crippen LogP contribution < -0.4 is 5.32 Å². The number of nitrogens with zero attached hydrogens (tertiary/aromatic N) is 2. The maximum atomic E-state index is 12.3. The Balaban J connectivity index is 1.80. The minimum atomic E-state index is -0.246. The Labute approximate surface area is 139 Å². The third-order valence-corrected chi connectivity index (χ3v) is 3.64. The molecule has 2 aromatic heterocycles. The van der Waals surface area contributed by atoms with Gasteiger partial charge in [0.25, 0.3) is 5.91 Å². The van der Waals surface area contributed by atoms with Crippen molar-refractivity contribution < 1.29 is 4.79 Å². The van der Waals surface area contributed by atoms with Crippen LogP contribution in [0.5, 0.6) is 0 Å². The molecule has 2 heterocycles. The summed E-state index contributed by atoms with van der Waals surface area (Å²) < 4.78 is 0. The first-order valence-corrected chi connectivity index (χ1v) is 7.63. The molecule has 0 radical (unpaired) electrons. The number of amides is 1. The fourth-order valence-corrected chi connectivity index (χ4v) is 2.37. The number of nitrogens with one attached hydrogen (secondary N) is 2. The Kier molecular flexibility index (Phi) is 3.82. The number of carbonyl (C=O) groups excluding carboxylic acids is 1. The number of hydrogen-bond acceptors (Lipinski definition) is 3. The Hall–Kier alpha value is -2.40. The summed E-state index contributed by atoms with van der Waals surface area (Å²) in [6, 6.07) is 7.23. The van der Waals surface area contributed by atoms with Crippen molar-refractivity contribution >= 4 is 34.1 Å². The summed E-state index contributed by atoms with van der Waals surface area (Å²) in [7, 11) is 0. The van der Waals surface area contributed by atoms with Gasteiger partial charge in [-0.3, -0.25) is 4.79 Å². The number of aromatic nitrogens is 3. The second kappa shape index (κ2) is 5.66. The lowest BCUT2D eigenvalue weighted by molar-refractivity contribution is 0.102. The predicted octanol–water partition coefficient (Wildman–Crippen LogP) is 4.16. The van der Waals surface area contributed by atoms with Gasteiger partial charge in [-0.05, 0) is 18.2 Å². The summed E-state index contributed by atoms with van der Waals surface area (Å²) in [5.41, 5.74) is 1.71. The quantitative estimate of drug-likeness (QED) is 0.742. The van der Waals surface area contributed by atoms with Gasteiger partial charge in [0.05, 0.1) is 18.1 Å². The number of fused-ring (bicyclic) bond motifs is 1. The van der Waals surface area contributed by atoms with Crippen LogP contribution in [0.4, 0.5) is 5.69 Å². The number of anilines is 1. The molecule has 0 spiro atoms. The van der Waals surface area contributed by atoms with Crippen LogP contribution in [0, 0.1) is 0 Å². The lowest BCUT2D eigenvalue weighted by Crippen LogP contribution is -2.17. The lowest BCUT2D eigenvalue weighted by Gasteiger charge is -2.16. The molecule has 23 heavy (non-hydrogen) atoms.